The smallest absolute Gasteiger partial charge is 0.371 e. The van der Waals surface area contributed by atoms with Gasteiger partial charge in [-0.2, -0.15) is 15.0 Å². The summed E-state index contributed by atoms with van der Waals surface area (Å²) in [4.78, 5) is 62.8. The molecule has 0 unspecified atom stereocenters. The second-order valence-electron chi connectivity index (χ2n) is 21.9. The summed E-state index contributed by atoms with van der Waals surface area (Å²) in [6.07, 6.45) is 1.20. The number of nitrogens with zero attached hydrogens (tertiary/aromatic N) is 8. The number of benzene rings is 6. The molecule has 25 nitrogen and oxygen atoms in total. The Bertz CT molecular complexity index is 4560. The molecule has 0 atom stereocenters. The van der Waals surface area contributed by atoms with Gasteiger partial charge in [0, 0.05) is 82.3 Å². The summed E-state index contributed by atoms with van der Waals surface area (Å²) in [5, 5.41) is 40.8. The van der Waals surface area contributed by atoms with Gasteiger partial charge < -0.3 is 66.3 Å². The highest BCUT2D eigenvalue weighted by atomic mass is 16.5. The number of rotatable bonds is 24. The highest BCUT2D eigenvalue weighted by molar-refractivity contribution is 5.97. The number of aromatic nitrogens is 6. The van der Waals surface area contributed by atoms with E-state index in [0.717, 1.165) is 61.5 Å². The molecule has 5 aromatic heterocycles. The van der Waals surface area contributed by atoms with E-state index in [-0.39, 0.29) is 30.4 Å². The number of hydrogen-bond donors (Lipinski definition) is 3. The van der Waals surface area contributed by atoms with Gasteiger partial charge in [-0.3, -0.25) is 19.3 Å². The van der Waals surface area contributed by atoms with Crippen LogP contribution in [0.5, 0.6) is 28.7 Å². The lowest BCUT2D eigenvalue weighted by atomic mass is 10.0. The lowest BCUT2D eigenvalue weighted by molar-refractivity contribution is -0.148. The maximum Gasteiger partial charge on any atom is 0.371 e. The zero-order chi connectivity index (χ0) is 66.7. The molecule has 0 aliphatic carbocycles. The van der Waals surface area contributed by atoms with Crippen molar-refractivity contribution in [2.24, 2.45) is 5.92 Å². The van der Waals surface area contributed by atoms with E-state index in [9.17, 15) is 19.2 Å². The van der Waals surface area contributed by atoms with E-state index in [1.807, 2.05) is 126 Å². The summed E-state index contributed by atoms with van der Waals surface area (Å²) in [7, 11) is 0. The van der Waals surface area contributed by atoms with E-state index in [1.54, 1.807) is 35.2 Å². The van der Waals surface area contributed by atoms with Crippen molar-refractivity contribution < 1.29 is 80.6 Å². The first-order chi connectivity index (χ1) is 46.1. The number of amides is 1. The Morgan fingerprint density at radius 2 is 1.04 bits per heavy atom. The molecule has 1 saturated heterocycles. The van der Waals surface area contributed by atoms with Gasteiger partial charge in [-0.05, 0) is 169 Å². The van der Waals surface area contributed by atoms with Crippen LogP contribution in [-0.2, 0) is 27.3 Å². The predicted molar refractivity (Wildman–Crippen MR) is 347 cm³/mol. The van der Waals surface area contributed by atoms with E-state index in [2.05, 4.69) is 35.3 Å². The molecule has 0 spiro atoms. The molecule has 7 heterocycles. The Hall–Kier alpha value is -11.3. The Morgan fingerprint density at radius 1 is 0.537 bits per heavy atom. The number of carboxylic acid groups (broad SMARTS) is 3. The van der Waals surface area contributed by atoms with Crippen molar-refractivity contribution in [3.05, 3.63) is 144 Å². The van der Waals surface area contributed by atoms with Crippen LogP contribution in [0.4, 0.5) is 5.69 Å². The van der Waals surface area contributed by atoms with Gasteiger partial charge in [0.15, 0.2) is 23.0 Å². The molecule has 6 aromatic carbocycles. The summed E-state index contributed by atoms with van der Waals surface area (Å²) in [5.41, 5.74) is 8.61. The Morgan fingerprint density at radius 3 is 1.60 bits per heavy atom. The highest BCUT2D eigenvalue weighted by Gasteiger charge is 2.33. The van der Waals surface area contributed by atoms with Crippen molar-refractivity contribution in [1.82, 2.24) is 35.3 Å². The van der Waals surface area contributed by atoms with E-state index >= 15 is 0 Å². The quantitative estimate of drug-likeness (QED) is 0.0506. The number of fused-ring (bicyclic) bond motifs is 3. The van der Waals surface area contributed by atoms with Gasteiger partial charge >= 0.3 is 17.9 Å². The van der Waals surface area contributed by atoms with Crippen molar-refractivity contribution in [3.63, 3.8) is 0 Å². The van der Waals surface area contributed by atoms with Crippen molar-refractivity contribution in [1.29, 1.82) is 0 Å². The number of carboxylic acids is 3. The first-order valence-electron chi connectivity index (χ1n) is 31.0. The molecule has 490 valence electrons. The van der Waals surface area contributed by atoms with Crippen molar-refractivity contribution in [3.8, 4) is 97.3 Å². The van der Waals surface area contributed by atoms with Crippen molar-refractivity contribution in [2.45, 2.75) is 73.8 Å². The topological polar surface area (TPSA) is 325 Å². The summed E-state index contributed by atoms with van der Waals surface area (Å²) in [6.45, 7) is 16.5. The van der Waals surface area contributed by atoms with Crippen molar-refractivity contribution >= 4 is 51.4 Å². The second kappa shape index (κ2) is 29.5. The molecule has 0 bridgehead atoms. The molecule has 2 aliphatic heterocycles. The van der Waals surface area contributed by atoms with Crippen LogP contribution in [0.15, 0.2) is 144 Å². The van der Waals surface area contributed by atoms with Crippen LogP contribution in [0.1, 0.15) is 81.3 Å². The normalized spacial score (nSPS) is 12.7. The van der Waals surface area contributed by atoms with Gasteiger partial charge in [0.25, 0.3) is 17.7 Å². The number of carbonyl (C=O) groups is 4. The number of carbonyl (C=O) groups excluding carboxylic acids is 1. The van der Waals surface area contributed by atoms with E-state index in [4.69, 9.17) is 61.4 Å². The molecule has 13 rings (SSSR count). The number of likely N-dealkylation sites (tertiary alicyclic amines) is 1. The van der Waals surface area contributed by atoms with Crippen LogP contribution < -0.4 is 28.6 Å². The number of ether oxygens (including phenoxy) is 5. The number of aromatic carboxylic acids is 1. The largest absolute Gasteiger partial charge is 0.494 e. The van der Waals surface area contributed by atoms with Crippen LogP contribution >= 0.6 is 0 Å². The van der Waals surface area contributed by atoms with Crippen LogP contribution in [-0.4, -0.2) is 127 Å². The summed E-state index contributed by atoms with van der Waals surface area (Å²) in [5.74, 6) is 3.34. The average molecular weight is 1290 g/mol. The van der Waals surface area contributed by atoms with Crippen LogP contribution in [0.3, 0.4) is 0 Å². The second-order valence-corrected chi connectivity index (χ2v) is 21.9. The summed E-state index contributed by atoms with van der Waals surface area (Å²) in [6, 6.07) is 36.7. The number of anilines is 1. The molecular weight excluding hydrogens is 1220 g/mol. The average Bonchev–Trinajstić information content (AvgIpc) is 1.67. The molecule has 3 N–H and O–H groups in total. The van der Waals surface area contributed by atoms with Gasteiger partial charge in [0.05, 0.1) is 45.5 Å². The Balaban J connectivity index is 0.000000146. The lowest BCUT2D eigenvalue weighted by Gasteiger charge is -2.35. The Labute approximate surface area is 543 Å². The fraction of sp³-hybridized carbons (Fsp3) is 0.286. The SMILES string of the molecule is CCOc1cc(-c2nc(-c3cccc4c3CCN4C(=O)CCCC(=O)O)no2)ccc1C.CCOc1ccc(-c2nc(-c3ccc4oc(C(=O)O)cc4c3)no2)cc1OCC.CCOc1ccc(-c2nc(-c3ccc4oc(CN5CC(C(=O)O)C5)cc4c3)no2)cc1OCC. The number of hydrogen-bond acceptors (Lipinski definition) is 21. The molecule has 11 aromatic rings. The van der Waals surface area contributed by atoms with Gasteiger partial charge in [0.2, 0.25) is 29.1 Å². The van der Waals surface area contributed by atoms with Gasteiger partial charge in [0.1, 0.15) is 22.7 Å². The minimum absolute atomic E-state index is 0.0118. The number of furan rings is 2. The minimum atomic E-state index is -1.12. The molecule has 2 aliphatic rings. The van der Waals surface area contributed by atoms with Crippen LogP contribution in [0.2, 0.25) is 0 Å². The van der Waals surface area contributed by atoms with Crippen molar-refractivity contribution in [2.75, 3.05) is 57.6 Å². The fourth-order valence-electron chi connectivity index (χ4n) is 10.9. The fourth-order valence-corrected chi connectivity index (χ4v) is 10.9. The molecule has 25 heteroatoms. The predicted octanol–water partition coefficient (Wildman–Crippen LogP) is 13.4. The first kappa shape index (κ1) is 65.2. The standard InChI is InChI=1S/C25H25N3O6.C24H25N3O5.C21H18N2O6/c1-3-31-21-8-6-16(11-22(21)32-4-2)24-26-23(27-34-24)15-5-7-20-17(9-15)10-19(33-20)14-28-12-18(13-28)25(29)30;1-3-31-20-14-16(11-10-15(20)2)24-25-23(26-32-24)18-6-4-7-19-17(18)12-13-27(19)21(28)8-5-9-22(29)30;1-3-26-16-8-6-13(10-17(16)27-4-2)20-22-19(23-29-20)12-5-7-15-14(9-12)11-18(28-15)21(24)25/h5-11,18H,3-4,12-14H2,1-2H3,(H,29,30);4,6-7,10-11,14H,3,5,8-9,12-13H2,1-2H3,(H,29,30);5-11H,3-4H2,1-2H3,(H,24,25). The van der Waals surface area contributed by atoms with E-state index in [0.29, 0.717) is 152 Å². The summed E-state index contributed by atoms with van der Waals surface area (Å²) >= 11 is 0. The molecule has 95 heavy (non-hydrogen) atoms. The Kier molecular flexibility index (Phi) is 20.2. The van der Waals surface area contributed by atoms with Gasteiger partial charge in [-0.1, -0.05) is 33.7 Å². The third kappa shape index (κ3) is 15.1. The maximum atomic E-state index is 12.6. The third-order valence-electron chi connectivity index (χ3n) is 15.4. The zero-order valence-electron chi connectivity index (χ0n) is 53.0. The molecule has 1 fully saturated rings. The zero-order valence-corrected chi connectivity index (χ0v) is 53.0. The molecular formula is C70H68N8O17. The monoisotopic (exact) mass is 1290 g/mol. The van der Waals surface area contributed by atoms with Gasteiger partial charge in [-0.15, -0.1) is 0 Å². The number of aryl methyl sites for hydroxylation is 1. The maximum absolute atomic E-state index is 12.6. The first-order valence-corrected chi connectivity index (χ1v) is 31.0. The summed E-state index contributed by atoms with van der Waals surface area (Å²) < 4.78 is 55.9. The molecule has 1 amide bonds. The highest BCUT2D eigenvalue weighted by Crippen LogP contribution is 2.39. The van der Waals surface area contributed by atoms with Crippen LogP contribution in [0, 0.1) is 12.8 Å². The van der Waals surface area contributed by atoms with E-state index in [1.165, 1.54) is 6.07 Å². The third-order valence-corrected chi connectivity index (χ3v) is 15.4. The molecule has 0 saturated carbocycles. The molecule has 0 radical (unpaired) electrons. The number of aliphatic carboxylic acids is 2. The van der Waals surface area contributed by atoms with Gasteiger partial charge in [-0.25, -0.2) is 4.79 Å². The van der Waals surface area contributed by atoms with E-state index < -0.39 is 17.9 Å². The van der Waals surface area contributed by atoms with Crippen LogP contribution in [0.25, 0.3) is 90.5 Å². The lowest BCUT2D eigenvalue weighted by Crippen LogP contribution is -2.49. The minimum Gasteiger partial charge on any atom is -0.494 e.